The van der Waals surface area contributed by atoms with E-state index in [9.17, 15) is 29.4 Å². The van der Waals surface area contributed by atoms with E-state index in [1.165, 1.54) is 39.4 Å². The Morgan fingerprint density at radius 3 is 2.25 bits per heavy atom. The van der Waals surface area contributed by atoms with E-state index in [1.807, 2.05) is 0 Å². The van der Waals surface area contributed by atoms with Crippen LogP contribution in [0.3, 0.4) is 0 Å². The van der Waals surface area contributed by atoms with Gasteiger partial charge in [-0.2, -0.15) is 0 Å². The fraction of sp³-hybridized carbons (Fsp3) is 0.651. The first kappa shape index (κ1) is 44.1. The number of rotatable bonds is 10. The number of methoxy groups -OCH3 is 2. The number of nitrogens with one attached hydrogen (secondary N) is 1. The van der Waals surface area contributed by atoms with Crippen LogP contribution in [-0.4, -0.2) is 120 Å². The number of allylic oxidation sites excluding steroid dienone is 1. The molecule has 16 heteroatoms. The SMILES string of the molecule is COc1ccc(OC)c(C(=O)O[C@H]2[C@@H]3[C@]4(OC(C)=O)CO[C@@H]4C[C@H]4O[C@@H](C(=O)[C@@]34C)C3=C(C)[C@@H](OC(=O)[C@H](O)[C@H](C=C(C)C)NC(=O)OC(C)(C)C)C[C@]2(O)C3(C)C)c1. The molecule has 0 spiro atoms. The molecule has 4 fully saturated rings. The van der Waals surface area contributed by atoms with E-state index in [4.69, 9.17) is 37.9 Å². The van der Waals surface area contributed by atoms with Gasteiger partial charge in [0.1, 0.15) is 52.7 Å². The summed E-state index contributed by atoms with van der Waals surface area (Å²) < 4.78 is 47.7. The van der Waals surface area contributed by atoms with Crippen molar-refractivity contribution in [3.63, 3.8) is 0 Å². The molecule has 1 aromatic carbocycles. The van der Waals surface area contributed by atoms with Gasteiger partial charge in [-0.05, 0) is 77.8 Å². The normalized spacial score (nSPS) is 33.7. The van der Waals surface area contributed by atoms with Crippen LogP contribution >= 0.6 is 0 Å². The lowest BCUT2D eigenvalue weighted by Crippen LogP contribution is -2.80. The number of hydrogen-bond donors (Lipinski definition) is 3. The fourth-order valence-electron chi connectivity index (χ4n) is 9.98. The van der Waals surface area contributed by atoms with Crippen LogP contribution in [-0.2, 0) is 42.8 Å². The highest BCUT2D eigenvalue weighted by atomic mass is 16.6. The first-order chi connectivity index (χ1) is 27.4. The van der Waals surface area contributed by atoms with Crippen LogP contribution < -0.4 is 14.8 Å². The average molecular weight is 828 g/mol. The minimum atomic E-state index is -2.19. The van der Waals surface area contributed by atoms with Crippen molar-refractivity contribution in [3.8, 4) is 11.5 Å². The van der Waals surface area contributed by atoms with Gasteiger partial charge in [0.15, 0.2) is 17.5 Å². The van der Waals surface area contributed by atoms with E-state index < -0.39 is 112 Å². The molecule has 1 aromatic rings. The van der Waals surface area contributed by atoms with Crippen molar-refractivity contribution in [2.45, 2.75) is 142 Å². The Morgan fingerprint density at radius 1 is 1.02 bits per heavy atom. The van der Waals surface area contributed by atoms with Crippen molar-refractivity contribution >= 4 is 29.8 Å². The molecule has 0 aromatic heterocycles. The molecule has 4 bridgehead atoms. The van der Waals surface area contributed by atoms with Crippen LogP contribution in [0, 0.1) is 16.7 Å². The van der Waals surface area contributed by atoms with Crippen molar-refractivity contribution in [2.75, 3.05) is 20.8 Å². The summed E-state index contributed by atoms with van der Waals surface area (Å²) in [5.41, 5.74) is -6.27. The summed E-state index contributed by atoms with van der Waals surface area (Å²) in [6.07, 6.45) is -7.49. The van der Waals surface area contributed by atoms with Gasteiger partial charge < -0.3 is 53.4 Å². The largest absolute Gasteiger partial charge is 0.497 e. The topological polar surface area (TPSA) is 212 Å². The number of Topliss-reactive ketones (excluding diaryl/α,β-unsaturated/α-hetero) is 1. The first-order valence-electron chi connectivity index (χ1n) is 19.8. The third kappa shape index (κ3) is 7.19. The maximum absolute atomic E-state index is 15.1. The molecule has 324 valence electrons. The van der Waals surface area contributed by atoms with Crippen molar-refractivity contribution in [1.82, 2.24) is 5.32 Å². The van der Waals surface area contributed by atoms with Gasteiger partial charge in [-0.15, -0.1) is 0 Å². The number of aliphatic hydroxyl groups is 2. The van der Waals surface area contributed by atoms with Crippen LogP contribution in [0.5, 0.6) is 11.5 Å². The Balaban J connectivity index is 1.50. The van der Waals surface area contributed by atoms with Crippen molar-refractivity contribution in [2.24, 2.45) is 16.7 Å². The minimum Gasteiger partial charge on any atom is -0.497 e. The number of ether oxygens (including phenoxy) is 8. The van der Waals surface area contributed by atoms with Gasteiger partial charge in [0.25, 0.3) is 0 Å². The second-order valence-electron chi connectivity index (χ2n) is 18.2. The third-order valence-corrected chi connectivity index (χ3v) is 12.8. The van der Waals surface area contributed by atoms with Crippen molar-refractivity contribution in [3.05, 3.63) is 46.6 Å². The van der Waals surface area contributed by atoms with Gasteiger partial charge >= 0.3 is 24.0 Å². The van der Waals surface area contributed by atoms with Crippen LogP contribution in [0.4, 0.5) is 4.79 Å². The van der Waals surface area contributed by atoms with Gasteiger partial charge in [0.05, 0.1) is 44.3 Å². The van der Waals surface area contributed by atoms with Gasteiger partial charge in [-0.25, -0.2) is 14.4 Å². The number of amides is 1. The summed E-state index contributed by atoms with van der Waals surface area (Å²) in [5, 5.41) is 27.6. The van der Waals surface area contributed by atoms with Gasteiger partial charge in [0, 0.05) is 25.2 Å². The number of carbonyl (C=O) groups is 5. The summed E-state index contributed by atoms with van der Waals surface area (Å²) >= 11 is 0. The molecule has 0 unspecified atom stereocenters. The van der Waals surface area contributed by atoms with E-state index in [0.29, 0.717) is 22.5 Å². The maximum atomic E-state index is 15.1. The second-order valence-corrected chi connectivity index (χ2v) is 18.2. The number of esters is 3. The zero-order valence-electron chi connectivity index (χ0n) is 35.8. The number of carbonyl (C=O) groups excluding carboxylic acids is 5. The van der Waals surface area contributed by atoms with Gasteiger partial charge in [-0.3, -0.25) is 9.59 Å². The number of aliphatic hydroxyl groups excluding tert-OH is 1. The summed E-state index contributed by atoms with van der Waals surface area (Å²) in [5.74, 6) is -4.00. The predicted molar refractivity (Wildman–Crippen MR) is 207 cm³/mol. The van der Waals surface area contributed by atoms with E-state index in [-0.39, 0.29) is 24.3 Å². The number of benzene rings is 1. The molecular weight excluding hydrogens is 770 g/mol. The molecule has 2 saturated heterocycles. The molecule has 2 heterocycles. The predicted octanol–water partition coefficient (Wildman–Crippen LogP) is 3.92. The molecule has 1 amide bonds. The van der Waals surface area contributed by atoms with Crippen molar-refractivity contribution < 1.29 is 72.1 Å². The van der Waals surface area contributed by atoms with E-state index in [2.05, 4.69) is 5.32 Å². The highest BCUT2D eigenvalue weighted by molar-refractivity contribution is 5.96. The van der Waals surface area contributed by atoms with Crippen LogP contribution in [0.2, 0.25) is 0 Å². The van der Waals surface area contributed by atoms with E-state index in [1.54, 1.807) is 68.4 Å². The molecular formula is C43H57NO15. The third-order valence-electron chi connectivity index (χ3n) is 12.8. The standard InChI is InChI=1S/C43H57NO15/c1-20(2)15-25(44-38(50)59-39(5,6)7)31(46)37(49)55-27-18-43(51)35(57-36(48)24-16-23(52-11)13-14-26(24)53-12)33-41(10)28(17-29-42(33,19-54-29)58-22(4)45)56-32(34(41)47)30(21(27)3)40(43,8)9/h13-16,25,27-29,31-33,35,46,51H,17-19H2,1-12H3,(H,44,50)/t25-,27-,28+,29+,31+,32+,33-,35-,41+,42-,43+/m0/s1. The smallest absolute Gasteiger partial charge is 0.408 e. The second kappa shape index (κ2) is 15.2. The lowest BCUT2D eigenvalue weighted by molar-refractivity contribution is -0.338. The van der Waals surface area contributed by atoms with Crippen LogP contribution in [0.25, 0.3) is 0 Å². The summed E-state index contributed by atoms with van der Waals surface area (Å²) in [7, 11) is 2.80. The Labute approximate surface area is 343 Å². The van der Waals surface area contributed by atoms with Crippen LogP contribution in [0.15, 0.2) is 41.0 Å². The van der Waals surface area contributed by atoms with Gasteiger partial charge in [0.2, 0.25) is 0 Å². The Hall–Kier alpha value is -4.51. The number of ketones is 1. The number of fused-ring (bicyclic) bond motifs is 6. The zero-order chi connectivity index (χ0) is 43.8. The van der Waals surface area contributed by atoms with E-state index >= 15 is 4.79 Å². The average Bonchev–Trinajstić information content (AvgIpc) is 3.37. The Kier molecular flexibility index (Phi) is 11.3. The molecule has 3 N–H and O–H groups in total. The highest BCUT2D eigenvalue weighted by Crippen LogP contribution is 2.67. The maximum Gasteiger partial charge on any atom is 0.408 e. The van der Waals surface area contributed by atoms with E-state index in [0.717, 1.165) is 0 Å². The molecule has 11 atom stereocenters. The summed E-state index contributed by atoms with van der Waals surface area (Å²) in [4.78, 5) is 69.5. The quantitative estimate of drug-likeness (QED) is 0.173. The monoisotopic (exact) mass is 827 g/mol. The Bertz CT molecular complexity index is 1980. The molecule has 6 rings (SSSR count). The summed E-state index contributed by atoms with van der Waals surface area (Å²) in [6, 6.07) is 3.24. The molecule has 59 heavy (non-hydrogen) atoms. The molecule has 5 aliphatic rings. The molecule has 16 nitrogen and oxygen atoms in total. The van der Waals surface area contributed by atoms with Gasteiger partial charge in [-0.1, -0.05) is 25.5 Å². The molecule has 2 aliphatic heterocycles. The Morgan fingerprint density at radius 2 is 1.69 bits per heavy atom. The lowest BCUT2D eigenvalue weighted by Gasteiger charge is -2.65. The number of hydrogen-bond acceptors (Lipinski definition) is 15. The molecule has 2 saturated carbocycles. The first-order valence-corrected chi connectivity index (χ1v) is 19.8. The highest BCUT2D eigenvalue weighted by Gasteiger charge is 2.80. The summed E-state index contributed by atoms with van der Waals surface area (Å²) in [6.45, 7) is 16.2. The number of alkyl carbamates (subject to hydrolysis) is 1. The molecule has 0 radical (unpaired) electrons. The fourth-order valence-corrected chi connectivity index (χ4v) is 9.98. The van der Waals surface area contributed by atoms with Crippen molar-refractivity contribution in [1.29, 1.82) is 0 Å². The molecule has 3 aliphatic carbocycles. The minimum absolute atomic E-state index is 0.0562. The zero-order valence-corrected chi connectivity index (χ0v) is 35.8. The van der Waals surface area contributed by atoms with Crippen LogP contribution in [0.1, 0.15) is 92.4 Å². The lowest BCUT2D eigenvalue weighted by atomic mass is 9.46.